The summed E-state index contributed by atoms with van der Waals surface area (Å²) in [6.45, 7) is 1.86. The molecule has 0 atom stereocenters. The summed E-state index contributed by atoms with van der Waals surface area (Å²) < 4.78 is 0. The van der Waals surface area contributed by atoms with Crippen LogP contribution in [0.25, 0.3) is 10.4 Å². The molecule has 6 heteroatoms. The maximum atomic E-state index is 11.5. The van der Waals surface area contributed by atoms with Crippen LogP contribution in [0.4, 0.5) is 5.13 Å². The molecule has 0 aliphatic carbocycles. The fraction of sp³-hybridized carbons (Fsp3) is 0.0714. The van der Waals surface area contributed by atoms with E-state index < -0.39 is 11.9 Å². The molecule has 0 aliphatic rings. The zero-order valence-corrected chi connectivity index (χ0v) is 11.5. The number of aromatic nitrogens is 1. The van der Waals surface area contributed by atoms with E-state index in [-0.39, 0.29) is 0 Å². The lowest BCUT2D eigenvalue weighted by atomic mass is 10.2. The lowest BCUT2D eigenvalue weighted by Crippen LogP contribution is -2.08. The number of amides is 1. The van der Waals surface area contributed by atoms with Gasteiger partial charge in [0.1, 0.15) is 0 Å². The van der Waals surface area contributed by atoms with Gasteiger partial charge in [-0.25, -0.2) is 9.78 Å². The Morgan fingerprint density at radius 3 is 2.60 bits per heavy atom. The van der Waals surface area contributed by atoms with Crippen molar-refractivity contribution in [3.8, 4) is 10.4 Å². The van der Waals surface area contributed by atoms with Gasteiger partial charge in [0.15, 0.2) is 5.13 Å². The average Bonchev–Trinajstić information content (AvgIpc) is 2.78. The number of hydrogen-bond donors (Lipinski definition) is 2. The second kappa shape index (κ2) is 6.12. The van der Waals surface area contributed by atoms with Crippen LogP contribution in [0.15, 0.2) is 42.5 Å². The van der Waals surface area contributed by atoms with Crippen LogP contribution < -0.4 is 5.32 Å². The van der Waals surface area contributed by atoms with Crippen molar-refractivity contribution in [2.45, 2.75) is 6.92 Å². The van der Waals surface area contributed by atoms with Gasteiger partial charge in [-0.05, 0) is 12.5 Å². The van der Waals surface area contributed by atoms with E-state index in [1.54, 1.807) is 0 Å². The lowest BCUT2D eigenvalue weighted by molar-refractivity contribution is -0.131. The fourth-order valence-electron chi connectivity index (χ4n) is 1.60. The second-order valence-corrected chi connectivity index (χ2v) is 4.96. The van der Waals surface area contributed by atoms with E-state index in [0.717, 1.165) is 28.3 Å². The Bertz CT molecular complexity index is 662. The number of aryl methyl sites for hydroxylation is 1. The molecule has 1 heterocycles. The van der Waals surface area contributed by atoms with Gasteiger partial charge in [0, 0.05) is 12.2 Å². The Morgan fingerprint density at radius 2 is 1.95 bits per heavy atom. The van der Waals surface area contributed by atoms with E-state index >= 15 is 0 Å². The highest BCUT2D eigenvalue weighted by molar-refractivity contribution is 7.19. The molecular formula is C14H12N2O3S. The summed E-state index contributed by atoms with van der Waals surface area (Å²) in [5.41, 5.74) is 1.85. The third-order valence-corrected chi connectivity index (χ3v) is 3.56. The smallest absolute Gasteiger partial charge is 0.328 e. The van der Waals surface area contributed by atoms with Crippen molar-refractivity contribution < 1.29 is 14.7 Å². The van der Waals surface area contributed by atoms with Gasteiger partial charge in [0.05, 0.1) is 10.6 Å². The van der Waals surface area contributed by atoms with Gasteiger partial charge >= 0.3 is 5.97 Å². The summed E-state index contributed by atoms with van der Waals surface area (Å²) >= 11 is 1.35. The summed E-state index contributed by atoms with van der Waals surface area (Å²) in [7, 11) is 0. The van der Waals surface area contributed by atoms with Crippen molar-refractivity contribution in [3.63, 3.8) is 0 Å². The van der Waals surface area contributed by atoms with Gasteiger partial charge < -0.3 is 5.11 Å². The monoisotopic (exact) mass is 288 g/mol. The van der Waals surface area contributed by atoms with Crippen LogP contribution in [0.1, 0.15) is 5.69 Å². The molecular weight excluding hydrogens is 276 g/mol. The molecule has 0 radical (unpaired) electrons. The Kier molecular flexibility index (Phi) is 4.27. The average molecular weight is 288 g/mol. The van der Waals surface area contributed by atoms with E-state index in [0.29, 0.717) is 5.13 Å². The molecule has 0 spiro atoms. The van der Waals surface area contributed by atoms with Gasteiger partial charge in [0.25, 0.3) is 0 Å². The molecule has 2 rings (SSSR count). The zero-order valence-electron chi connectivity index (χ0n) is 10.7. The second-order valence-electron chi connectivity index (χ2n) is 3.96. The Morgan fingerprint density at radius 1 is 1.25 bits per heavy atom. The third-order valence-electron chi connectivity index (χ3n) is 2.44. The molecule has 20 heavy (non-hydrogen) atoms. The Balaban J connectivity index is 2.16. The van der Waals surface area contributed by atoms with Crippen molar-refractivity contribution in [2.75, 3.05) is 5.32 Å². The number of benzene rings is 1. The molecule has 102 valence electrons. The van der Waals surface area contributed by atoms with Crippen molar-refractivity contribution in [1.82, 2.24) is 4.98 Å². The van der Waals surface area contributed by atoms with E-state index in [1.165, 1.54) is 11.3 Å². The first-order valence-corrected chi connectivity index (χ1v) is 6.63. The predicted molar refractivity (Wildman–Crippen MR) is 77.7 cm³/mol. The molecule has 0 saturated heterocycles. The maximum Gasteiger partial charge on any atom is 0.328 e. The van der Waals surface area contributed by atoms with Gasteiger partial charge in [-0.15, -0.1) is 0 Å². The summed E-state index contributed by atoms with van der Waals surface area (Å²) in [6, 6.07) is 9.73. The number of carboxylic acids is 1. The van der Waals surface area contributed by atoms with Crippen LogP contribution in [0.5, 0.6) is 0 Å². The van der Waals surface area contributed by atoms with Gasteiger partial charge in [0.2, 0.25) is 5.91 Å². The highest BCUT2D eigenvalue weighted by Gasteiger charge is 2.10. The van der Waals surface area contributed by atoms with E-state index in [2.05, 4.69) is 10.3 Å². The van der Waals surface area contributed by atoms with Crippen LogP contribution in [0.2, 0.25) is 0 Å². The summed E-state index contributed by atoms with van der Waals surface area (Å²) in [5, 5.41) is 11.4. The quantitative estimate of drug-likeness (QED) is 0.848. The number of carbonyl (C=O) groups is 2. The van der Waals surface area contributed by atoms with Crippen LogP contribution in [-0.4, -0.2) is 22.0 Å². The molecule has 1 aromatic carbocycles. The number of nitrogens with zero attached hydrogens (tertiary/aromatic N) is 1. The zero-order chi connectivity index (χ0) is 14.5. The largest absolute Gasteiger partial charge is 0.478 e. The molecule has 2 N–H and O–H groups in total. The highest BCUT2D eigenvalue weighted by atomic mass is 32.1. The SMILES string of the molecule is Cc1nc(NC(=O)/C=C/C(=O)O)sc1-c1ccccc1. The molecule has 0 aliphatic heterocycles. The number of anilines is 1. The molecule has 0 saturated carbocycles. The first-order chi connectivity index (χ1) is 9.56. The van der Waals surface area contributed by atoms with Crippen LogP contribution in [-0.2, 0) is 9.59 Å². The van der Waals surface area contributed by atoms with Crippen molar-refractivity contribution in [2.24, 2.45) is 0 Å². The Hall–Kier alpha value is -2.47. The maximum absolute atomic E-state index is 11.5. The van der Waals surface area contributed by atoms with Crippen molar-refractivity contribution in [1.29, 1.82) is 0 Å². The van der Waals surface area contributed by atoms with Crippen molar-refractivity contribution in [3.05, 3.63) is 48.2 Å². The van der Waals surface area contributed by atoms with E-state index in [4.69, 9.17) is 5.11 Å². The van der Waals surface area contributed by atoms with Crippen LogP contribution in [0, 0.1) is 6.92 Å². The minimum atomic E-state index is -1.17. The van der Waals surface area contributed by atoms with E-state index in [9.17, 15) is 9.59 Å². The fourth-order valence-corrected chi connectivity index (χ4v) is 2.58. The van der Waals surface area contributed by atoms with Crippen molar-refractivity contribution >= 4 is 28.3 Å². The van der Waals surface area contributed by atoms with E-state index in [1.807, 2.05) is 37.3 Å². The number of carboxylic acid groups (broad SMARTS) is 1. The molecule has 2 aromatic rings. The number of rotatable bonds is 4. The first-order valence-electron chi connectivity index (χ1n) is 5.81. The number of hydrogen-bond acceptors (Lipinski definition) is 4. The topological polar surface area (TPSA) is 79.3 Å². The standard InChI is InChI=1S/C14H12N2O3S/c1-9-13(10-5-3-2-4-6-10)20-14(15-9)16-11(17)7-8-12(18)19/h2-8H,1H3,(H,18,19)(H,15,16,17)/b8-7+. The lowest BCUT2D eigenvalue weighted by Gasteiger charge is -1.96. The molecule has 0 bridgehead atoms. The normalized spacial score (nSPS) is 10.7. The number of nitrogens with one attached hydrogen (secondary N) is 1. The van der Waals surface area contributed by atoms with Gasteiger partial charge in [-0.3, -0.25) is 10.1 Å². The molecule has 1 amide bonds. The molecule has 5 nitrogen and oxygen atoms in total. The number of thiazole rings is 1. The van der Waals surface area contributed by atoms with Crippen LogP contribution in [0.3, 0.4) is 0 Å². The first kappa shape index (κ1) is 14.0. The number of aliphatic carboxylic acids is 1. The van der Waals surface area contributed by atoms with Crippen LogP contribution >= 0.6 is 11.3 Å². The van der Waals surface area contributed by atoms with Gasteiger partial charge in [-0.1, -0.05) is 41.7 Å². The summed E-state index contributed by atoms with van der Waals surface area (Å²) in [4.78, 5) is 27.0. The molecule has 0 fully saturated rings. The molecule has 0 unspecified atom stereocenters. The summed E-state index contributed by atoms with van der Waals surface area (Å²) in [5.74, 6) is -1.68. The number of carbonyl (C=O) groups excluding carboxylic acids is 1. The Labute approximate surface area is 119 Å². The minimum absolute atomic E-state index is 0.446. The highest BCUT2D eigenvalue weighted by Crippen LogP contribution is 2.32. The predicted octanol–water partition coefficient (Wildman–Crippen LogP) is 2.70. The minimum Gasteiger partial charge on any atom is -0.478 e. The third kappa shape index (κ3) is 3.52. The summed E-state index contributed by atoms with van der Waals surface area (Å²) in [6.07, 6.45) is 1.75. The van der Waals surface area contributed by atoms with Gasteiger partial charge in [-0.2, -0.15) is 0 Å². The molecule has 1 aromatic heterocycles.